The molecule has 0 radical (unpaired) electrons. The lowest BCUT2D eigenvalue weighted by molar-refractivity contribution is -0.117. The van der Waals surface area contributed by atoms with E-state index in [0.717, 1.165) is 18.4 Å². The van der Waals surface area contributed by atoms with Crippen LogP contribution in [0.4, 0.5) is 0 Å². The number of amides is 1. The highest BCUT2D eigenvalue weighted by atomic mass is 32.2. The molecule has 3 aromatic heterocycles. The molecule has 4 heterocycles. The lowest BCUT2D eigenvalue weighted by atomic mass is 10.1. The number of benzene rings is 1. The van der Waals surface area contributed by atoms with Gasteiger partial charge in [0.2, 0.25) is 5.91 Å². The van der Waals surface area contributed by atoms with Gasteiger partial charge in [-0.1, -0.05) is 18.2 Å². The summed E-state index contributed by atoms with van der Waals surface area (Å²) < 4.78 is 35.2. The molecule has 9 nitrogen and oxygen atoms in total. The molecule has 0 spiro atoms. The van der Waals surface area contributed by atoms with Gasteiger partial charge in [0.1, 0.15) is 11.3 Å². The number of nitrogens with two attached hydrogens (primary N) is 1. The lowest BCUT2D eigenvalue weighted by Gasteiger charge is -2.25. The van der Waals surface area contributed by atoms with E-state index in [1.807, 2.05) is 4.57 Å². The molecule has 5 rings (SSSR count). The molecule has 1 amide bonds. The fourth-order valence-corrected chi connectivity index (χ4v) is 5.52. The van der Waals surface area contributed by atoms with Crippen LogP contribution in [0.5, 0.6) is 0 Å². The van der Waals surface area contributed by atoms with Crippen LogP contribution in [0.25, 0.3) is 22.1 Å². The molecule has 10 heteroatoms. The largest absolute Gasteiger partial charge is 0.379 e. The van der Waals surface area contributed by atoms with Crippen molar-refractivity contribution < 1.29 is 17.9 Å². The number of carbonyl (C=O) groups is 1. The van der Waals surface area contributed by atoms with Gasteiger partial charge in [0.25, 0.3) is 10.0 Å². The molecule has 1 aromatic carbocycles. The van der Waals surface area contributed by atoms with Crippen LogP contribution >= 0.6 is 0 Å². The number of hydrogen-bond acceptors (Lipinski definition) is 6. The van der Waals surface area contributed by atoms with E-state index >= 15 is 0 Å². The third kappa shape index (κ3) is 3.28. The van der Waals surface area contributed by atoms with E-state index in [9.17, 15) is 13.2 Å². The number of nitrogens with zero attached hydrogens (tertiary/aromatic N) is 4. The van der Waals surface area contributed by atoms with Gasteiger partial charge in [-0.3, -0.25) is 4.79 Å². The molecule has 160 valence electrons. The van der Waals surface area contributed by atoms with Gasteiger partial charge in [0.15, 0.2) is 5.65 Å². The second-order valence-electron chi connectivity index (χ2n) is 7.57. The number of aromatic nitrogens is 4. The summed E-state index contributed by atoms with van der Waals surface area (Å²) in [7, 11) is -3.82. The molecule has 1 saturated heterocycles. The van der Waals surface area contributed by atoms with Crippen molar-refractivity contribution in [1.29, 1.82) is 0 Å². The van der Waals surface area contributed by atoms with Crippen LogP contribution in [0, 0.1) is 0 Å². The summed E-state index contributed by atoms with van der Waals surface area (Å²) in [5.41, 5.74) is 7.09. The van der Waals surface area contributed by atoms with Crippen molar-refractivity contribution >= 4 is 38.0 Å². The third-order valence-electron chi connectivity index (χ3n) is 5.54. The van der Waals surface area contributed by atoms with Gasteiger partial charge in [0, 0.05) is 18.2 Å². The summed E-state index contributed by atoms with van der Waals surface area (Å²) >= 11 is 0. The number of pyridine rings is 1. The van der Waals surface area contributed by atoms with Gasteiger partial charge in [-0.05, 0) is 31.0 Å². The molecule has 1 atom stereocenters. The van der Waals surface area contributed by atoms with Gasteiger partial charge in [-0.2, -0.15) is 0 Å². The Morgan fingerprint density at radius 3 is 2.74 bits per heavy atom. The number of ether oxygens (including phenoxy) is 1. The zero-order valence-corrected chi connectivity index (χ0v) is 17.5. The predicted molar refractivity (Wildman–Crippen MR) is 114 cm³/mol. The first kappa shape index (κ1) is 19.7. The van der Waals surface area contributed by atoms with Crippen LogP contribution < -0.4 is 5.73 Å². The van der Waals surface area contributed by atoms with Crippen LogP contribution in [0.2, 0.25) is 0 Å². The summed E-state index contributed by atoms with van der Waals surface area (Å²) in [5.74, 6) is 0.0488. The van der Waals surface area contributed by atoms with Crippen LogP contribution in [-0.4, -0.2) is 46.0 Å². The quantitative estimate of drug-likeness (QED) is 0.508. The number of imidazole rings is 1. The van der Waals surface area contributed by atoms with Crippen molar-refractivity contribution in [1.82, 2.24) is 18.5 Å². The van der Waals surface area contributed by atoms with Crippen LogP contribution in [0.1, 0.15) is 24.7 Å². The van der Waals surface area contributed by atoms with Crippen molar-refractivity contribution in [3.05, 3.63) is 54.6 Å². The third-order valence-corrected chi connectivity index (χ3v) is 7.22. The summed E-state index contributed by atoms with van der Waals surface area (Å²) in [6.45, 7) is 1.18. The van der Waals surface area contributed by atoms with Gasteiger partial charge in [-0.25, -0.2) is 22.4 Å². The van der Waals surface area contributed by atoms with Crippen LogP contribution in [0.3, 0.4) is 0 Å². The van der Waals surface area contributed by atoms with E-state index in [4.69, 9.17) is 10.5 Å². The average Bonchev–Trinajstić information content (AvgIpc) is 3.36. The molecule has 31 heavy (non-hydrogen) atoms. The second-order valence-corrected chi connectivity index (χ2v) is 9.39. The summed E-state index contributed by atoms with van der Waals surface area (Å²) in [5, 5.41) is 0.644. The number of primary amides is 1. The number of fused-ring (bicyclic) bond motifs is 3. The Labute approximate surface area is 178 Å². The fraction of sp³-hybridized carbons (Fsp3) is 0.286. The summed E-state index contributed by atoms with van der Waals surface area (Å²) in [6.07, 6.45) is 4.78. The molecular formula is C21H21N5O4S. The summed E-state index contributed by atoms with van der Waals surface area (Å²) in [4.78, 5) is 20.8. The molecule has 0 unspecified atom stereocenters. The molecular weight excluding hydrogens is 418 g/mol. The maximum atomic E-state index is 13.2. The lowest BCUT2D eigenvalue weighted by Crippen LogP contribution is -2.25. The van der Waals surface area contributed by atoms with Crippen molar-refractivity contribution in [2.24, 2.45) is 5.73 Å². The standard InChI is InChI=1S/C21H21N5O4S/c22-18(27)11-19-24-17-12-23-21-16(20(17)26(19)14-5-4-10-30-13-14)8-9-25(21)31(28,29)15-6-2-1-3-7-15/h1-3,6-9,12,14H,4-5,10-11,13H2,(H2,22,27)/t14-/m0/s1. The van der Waals surface area contributed by atoms with Crippen molar-refractivity contribution in [2.45, 2.75) is 30.2 Å². The fourth-order valence-electron chi connectivity index (χ4n) is 4.20. The maximum Gasteiger partial charge on any atom is 0.269 e. The summed E-state index contributed by atoms with van der Waals surface area (Å²) in [6, 6.07) is 9.92. The number of carbonyl (C=O) groups excluding carboxylic acids is 1. The zero-order chi connectivity index (χ0) is 21.6. The molecule has 4 aromatic rings. The molecule has 0 saturated carbocycles. The highest BCUT2D eigenvalue weighted by Gasteiger charge is 2.26. The minimum Gasteiger partial charge on any atom is -0.379 e. The first-order valence-electron chi connectivity index (χ1n) is 10.0. The Morgan fingerprint density at radius 2 is 2.03 bits per heavy atom. The predicted octanol–water partition coefficient (Wildman–Crippen LogP) is 2.00. The van der Waals surface area contributed by atoms with E-state index in [1.54, 1.807) is 42.6 Å². The topological polar surface area (TPSA) is 122 Å². The molecule has 1 aliphatic rings. The maximum absolute atomic E-state index is 13.2. The molecule has 2 N–H and O–H groups in total. The first-order chi connectivity index (χ1) is 15.0. The van der Waals surface area contributed by atoms with Crippen LogP contribution in [0.15, 0.2) is 53.7 Å². The van der Waals surface area contributed by atoms with E-state index in [1.165, 1.54) is 10.2 Å². The van der Waals surface area contributed by atoms with Gasteiger partial charge in [0.05, 0.1) is 35.7 Å². The number of hydrogen-bond donors (Lipinski definition) is 1. The monoisotopic (exact) mass is 439 g/mol. The van der Waals surface area contributed by atoms with Crippen molar-refractivity contribution in [3.8, 4) is 0 Å². The van der Waals surface area contributed by atoms with E-state index in [-0.39, 0.29) is 17.4 Å². The second kappa shape index (κ2) is 7.47. The zero-order valence-electron chi connectivity index (χ0n) is 16.6. The molecule has 1 aliphatic heterocycles. The van der Waals surface area contributed by atoms with E-state index in [2.05, 4.69) is 9.97 Å². The average molecular weight is 439 g/mol. The Kier molecular flexibility index (Phi) is 4.75. The van der Waals surface area contributed by atoms with Gasteiger partial charge in [-0.15, -0.1) is 0 Å². The highest BCUT2D eigenvalue weighted by Crippen LogP contribution is 2.32. The van der Waals surface area contributed by atoms with E-state index in [0.29, 0.717) is 35.6 Å². The Morgan fingerprint density at radius 1 is 1.23 bits per heavy atom. The Bertz CT molecular complexity index is 1390. The normalized spacial score (nSPS) is 17.4. The minimum absolute atomic E-state index is 0.0182. The van der Waals surface area contributed by atoms with Crippen molar-refractivity contribution in [3.63, 3.8) is 0 Å². The van der Waals surface area contributed by atoms with Crippen LogP contribution in [-0.2, 0) is 26.0 Å². The minimum atomic E-state index is -3.82. The number of rotatable bonds is 5. The Hall–Kier alpha value is -3.24. The van der Waals surface area contributed by atoms with Gasteiger partial charge < -0.3 is 15.0 Å². The highest BCUT2D eigenvalue weighted by molar-refractivity contribution is 7.90. The SMILES string of the molecule is NC(=O)Cc1nc2cnc3c(ccn3S(=O)(=O)c3ccccc3)c2n1[C@H]1CCCOC1. The Balaban J connectivity index is 1.75. The smallest absolute Gasteiger partial charge is 0.269 e. The van der Waals surface area contributed by atoms with Gasteiger partial charge >= 0.3 is 0 Å². The first-order valence-corrected chi connectivity index (χ1v) is 11.4. The van der Waals surface area contributed by atoms with E-state index < -0.39 is 15.9 Å². The van der Waals surface area contributed by atoms with Crippen molar-refractivity contribution in [2.75, 3.05) is 13.2 Å². The molecule has 1 fully saturated rings. The molecule has 0 bridgehead atoms. The molecule has 0 aliphatic carbocycles.